The van der Waals surface area contributed by atoms with Crippen molar-refractivity contribution in [3.63, 3.8) is 0 Å². The van der Waals surface area contributed by atoms with E-state index in [0.29, 0.717) is 74.0 Å². The number of fused-ring (bicyclic) bond motifs is 1. The van der Waals surface area contributed by atoms with Gasteiger partial charge in [0, 0.05) is 73.9 Å². The highest BCUT2D eigenvalue weighted by Crippen LogP contribution is 2.32. The SMILES string of the molecule is COc1ccc(-c2cnc3c(Nc4ccc(C(=O)N5CCC(C(=O)N6CCN[C@@H](CO)C6)CC5)c(C)c4)nccn23)c(F)c1F. The molecule has 2 aliphatic heterocycles. The number of carbonyl (C=O) groups excluding carboxylic acids is 2. The number of likely N-dealkylation sites (tertiary alicyclic amines) is 1. The number of nitrogens with zero attached hydrogens (tertiary/aromatic N) is 5. The van der Waals surface area contributed by atoms with Gasteiger partial charge in [-0.25, -0.2) is 14.4 Å². The number of carbonyl (C=O) groups is 2. The highest BCUT2D eigenvalue weighted by molar-refractivity contribution is 5.96. The molecule has 6 rings (SSSR count). The number of piperazine rings is 1. The van der Waals surface area contributed by atoms with Gasteiger partial charge >= 0.3 is 0 Å². The molecule has 2 fully saturated rings. The summed E-state index contributed by atoms with van der Waals surface area (Å²) in [6.07, 6.45) is 5.80. The highest BCUT2D eigenvalue weighted by Gasteiger charge is 2.33. The molecular weight excluding hydrogens is 584 g/mol. The second kappa shape index (κ2) is 12.8. The molecule has 45 heavy (non-hydrogen) atoms. The average molecular weight is 620 g/mol. The molecule has 4 heterocycles. The number of aliphatic hydroxyl groups excluding tert-OH is 1. The number of methoxy groups -OCH3 is 1. The van der Waals surface area contributed by atoms with E-state index in [-0.39, 0.29) is 41.7 Å². The number of nitrogens with one attached hydrogen (secondary N) is 2. The molecule has 2 saturated heterocycles. The number of benzene rings is 2. The van der Waals surface area contributed by atoms with Gasteiger partial charge in [0.25, 0.3) is 5.91 Å². The predicted octanol–water partition coefficient (Wildman–Crippen LogP) is 3.38. The first kappa shape index (κ1) is 30.4. The first-order valence-corrected chi connectivity index (χ1v) is 14.9. The van der Waals surface area contributed by atoms with Crippen LogP contribution in [-0.2, 0) is 4.79 Å². The zero-order valence-electron chi connectivity index (χ0n) is 25.1. The lowest BCUT2D eigenvalue weighted by atomic mass is 9.94. The van der Waals surface area contributed by atoms with E-state index in [0.717, 1.165) is 5.56 Å². The number of ether oxygens (including phenoxy) is 1. The van der Waals surface area contributed by atoms with Gasteiger partial charge in [-0.2, -0.15) is 4.39 Å². The van der Waals surface area contributed by atoms with Crippen LogP contribution in [0.15, 0.2) is 48.9 Å². The van der Waals surface area contributed by atoms with Gasteiger partial charge in [-0.3, -0.25) is 14.0 Å². The summed E-state index contributed by atoms with van der Waals surface area (Å²) in [7, 11) is 1.27. The number of aliphatic hydroxyl groups is 1. The molecule has 4 aromatic rings. The van der Waals surface area contributed by atoms with Gasteiger partial charge in [0.05, 0.1) is 25.6 Å². The standard InChI is InChI=1S/C32H35F2N7O4/c1-19-15-21(38-29-30-37-16-25(41(30)14-10-36-29)24-5-6-26(45-2)28(34)27(24)33)3-4-23(19)32(44)39-11-7-20(8-12-39)31(43)40-13-9-35-22(17-40)18-42/h3-6,10,14-16,20,22,35,42H,7-9,11-13,17-18H2,1-2H3,(H,36,38)/t22-/m1/s1. The van der Waals surface area contributed by atoms with Crippen molar-refractivity contribution < 1.29 is 28.2 Å². The summed E-state index contributed by atoms with van der Waals surface area (Å²) in [5.41, 5.74) is 2.81. The fourth-order valence-corrected chi connectivity index (χ4v) is 6.12. The van der Waals surface area contributed by atoms with E-state index in [2.05, 4.69) is 20.6 Å². The second-order valence-electron chi connectivity index (χ2n) is 11.4. The molecule has 0 radical (unpaired) electrons. The Kier molecular flexibility index (Phi) is 8.63. The normalized spacial score (nSPS) is 17.5. The third kappa shape index (κ3) is 5.92. The number of aromatic nitrogens is 3. The fraction of sp³-hybridized carbons (Fsp3) is 0.375. The van der Waals surface area contributed by atoms with Gasteiger partial charge in [-0.05, 0) is 55.7 Å². The molecule has 0 unspecified atom stereocenters. The fourth-order valence-electron chi connectivity index (χ4n) is 6.12. The number of imidazole rings is 1. The molecule has 11 nitrogen and oxygen atoms in total. The Balaban J connectivity index is 1.13. The predicted molar refractivity (Wildman–Crippen MR) is 163 cm³/mol. The molecule has 3 N–H and O–H groups in total. The van der Waals surface area contributed by atoms with Gasteiger partial charge in [0.2, 0.25) is 11.7 Å². The lowest BCUT2D eigenvalue weighted by molar-refractivity contribution is -0.138. The Hall–Kier alpha value is -4.62. The molecule has 0 bridgehead atoms. The van der Waals surface area contributed by atoms with Crippen molar-refractivity contribution in [1.82, 2.24) is 29.5 Å². The number of rotatable bonds is 7. The van der Waals surface area contributed by atoms with Crippen LogP contribution in [-0.4, -0.2) is 93.6 Å². The van der Waals surface area contributed by atoms with Crippen molar-refractivity contribution in [2.24, 2.45) is 5.92 Å². The summed E-state index contributed by atoms with van der Waals surface area (Å²) in [5.74, 6) is -2.01. The van der Waals surface area contributed by atoms with Crippen LogP contribution in [0.25, 0.3) is 16.9 Å². The van der Waals surface area contributed by atoms with Gasteiger partial charge in [-0.1, -0.05) is 0 Å². The zero-order valence-corrected chi connectivity index (χ0v) is 25.1. The van der Waals surface area contributed by atoms with Gasteiger partial charge < -0.3 is 30.3 Å². The number of amides is 2. The maximum atomic E-state index is 14.8. The Morgan fingerprint density at radius 1 is 1.09 bits per heavy atom. The van der Waals surface area contributed by atoms with E-state index in [4.69, 9.17) is 4.74 Å². The van der Waals surface area contributed by atoms with E-state index in [1.54, 1.807) is 27.6 Å². The maximum Gasteiger partial charge on any atom is 0.254 e. The molecular formula is C32H35F2N7O4. The molecule has 2 aromatic carbocycles. The Bertz CT molecular complexity index is 1740. The lowest BCUT2D eigenvalue weighted by Gasteiger charge is -2.38. The third-order valence-corrected chi connectivity index (χ3v) is 8.61. The third-order valence-electron chi connectivity index (χ3n) is 8.61. The first-order valence-electron chi connectivity index (χ1n) is 14.9. The minimum Gasteiger partial charge on any atom is -0.494 e. The van der Waals surface area contributed by atoms with E-state index in [1.807, 2.05) is 17.9 Å². The minimum atomic E-state index is -1.08. The number of hydrogen-bond acceptors (Lipinski definition) is 8. The van der Waals surface area contributed by atoms with Crippen LogP contribution >= 0.6 is 0 Å². The van der Waals surface area contributed by atoms with Crippen molar-refractivity contribution in [3.8, 4) is 17.0 Å². The zero-order chi connectivity index (χ0) is 31.7. The van der Waals surface area contributed by atoms with Crippen LogP contribution in [0, 0.1) is 24.5 Å². The monoisotopic (exact) mass is 619 g/mol. The van der Waals surface area contributed by atoms with E-state index >= 15 is 0 Å². The summed E-state index contributed by atoms with van der Waals surface area (Å²) in [4.78, 5) is 38.9. The molecule has 0 aliphatic carbocycles. The number of aryl methyl sites for hydroxylation is 1. The topological polar surface area (TPSA) is 124 Å². The Morgan fingerprint density at radius 3 is 2.62 bits per heavy atom. The summed E-state index contributed by atoms with van der Waals surface area (Å²) < 4.78 is 35.7. The lowest BCUT2D eigenvalue weighted by Crippen LogP contribution is -2.56. The van der Waals surface area contributed by atoms with Crippen molar-refractivity contribution in [2.75, 3.05) is 51.8 Å². The van der Waals surface area contributed by atoms with E-state index < -0.39 is 11.6 Å². The molecule has 2 aliphatic rings. The van der Waals surface area contributed by atoms with Crippen molar-refractivity contribution in [1.29, 1.82) is 0 Å². The van der Waals surface area contributed by atoms with Crippen LogP contribution in [0.5, 0.6) is 5.75 Å². The van der Waals surface area contributed by atoms with Crippen LogP contribution in [0.4, 0.5) is 20.3 Å². The molecule has 236 valence electrons. The van der Waals surface area contributed by atoms with Crippen LogP contribution in [0.3, 0.4) is 0 Å². The largest absolute Gasteiger partial charge is 0.494 e. The summed E-state index contributed by atoms with van der Waals surface area (Å²) in [6.45, 7) is 4.64. The summed E-state index contributed by atoms with van der Waals surface area (Å²) >= 11 is 0. The Morgan fingerprint density at radius 2 is 1.89 bits per heavy atom. The van der Waals surface area contributed by atoms with Crippen molar-refractivity contribution in [2.45, 2.75) is 25.8 Å². The molecule has 0 spiro atoms. The van der Waals surface area contributed by atoms with Crippen LogP contribution < -0.4 is 15.4 Å². The molecule has 0 saturated carbocycles. The van der Waals surface area contributed by atoms with E-state index in [9.17, 15) is 23.5 Å². The van der Waals surface area contributed by atoms with Gasteiger partial charge in [0.15, 0.2) is 23.0 Å². The number of halogens is 2. The van der Waals surface area contributed by atoms with Crippen molar-refractivity contribution in [3.05, 3.63) is 71.7 Å². The molecule has 2 aromatic heterocycles. The van der Waals surface area contributed by atoms with Gasteiger partial charge in [0.1, 0.15) is 0 Å². The smallest absolute Gasteiger partial charge is 0.254 e. The number of hydrogen-bond donors (Lipinski definition) is 3. The van der Waals surface area contributed by atoms with E-state index in [1.165, 1.54) is 31.6 Å². The quantitative estimate of drug-likeness (QED) is 0.288. The first-order chi connectivity index (χ1) is 21.8. The van der Waals surface area contributed by atoms with Crippen LogP contribution in [0.2, 0.25) is 0 Å². The maximum absolute atomic E-state index is 14.8. The average Bonchev–Trinajstić information content (AvgIpc) is 3.50. The molecule has 1 atom stereocenters. The molecule has 13 heteroatoms. The number of piperidine rings is 1. The number of anilines is 2. The molecule has 2 amide bonds. The van der Waals surface area contributed by atoms with Crippen molar-refractivity contribution >= 4 is 29.0 Å². The van der Waals surface area contributed by atoms with Crippen LogP contribution in [0.1, 0.15) is 28.8 Å². The summed E-state index contributed by atoms with van der Waals surface area (Å²) in [6, 6.07) is 8.10. The highest BCUT2D eigenvalue weighted by atomic mass is 19.2. The Labute approximate surface area is 258 Å². The van der Waals surface area contributed by atoms with Gasteiger partial charge in [-0.15, -0.1) is 0 Å². The minimum absolute atomic E-state index is 0.00496. The summed E-state index contributed by atoms with van der Waals surface area (Å²) in [5, 5.41) is 15.9. The second-order valence-corrected chi connectivity index (χ2v) is 11.4.